The van der Waals surface area contributed by atoms with Gasteiger partial charge in [0.25, 0.3) is 5.91 Å². The first-order valence-electron chi connectivity index (χ1n) is 6.83. The first-order chi connectivity index (χ1) is 10.7. The van der Waals surface area contributed by atoms with Crippen molar-refractivity contribution in [2.45, 2.75) is 12.6 Å². The molecule has 0 aromatic heterocycles. The van der Waals surface area contributed by atoms with E-state index in [4.69, 9.17) is 4.74 Å². The third-order valence-corrected chi connectivity index (χ3v) is 3.65. The monoisotopic (exact) mass is 361 g/mol. The predicted molar refractivity (Wildman–Crippen MR) is 87.7 cm³/mol. The average Bonchev–Trinajstić information content (AvgIpc) is 2.59. The minimum Gasteiger partial charge on any atom is -0.459 e. The maximum atomic E-state index is 12.1. The first kappa shape index (κ1) is 16.2. The van der Waals surface area contributed by atoms with Crippen LogP contribution in [0.15, 0.2) is 60.7 Å². The Hall–Kier alpha value is -2.14. The van der Waals surface area contributed by atoms with Gasteiger partial charge in [0.2, 0.25) is 0 Å². The molecule has 1 amide bonds. The molecule has 0 aliphatic heterocycles. The van der Waals surface area contributed by atoms with Crippen molar-refractivity contribution >= 4 is 27.8 Å². The van der Waals surface area contributed by atoms with Crippen LogP contribution in [0.5, 0.6) is 0 Å². The molecule has 0 saturated heterocycles. The van der Waals surface area contributed by atoms with E-state index in [0.29, 0.717) is 10.9 Å². The molecule has 0 spiro atoms. The third kappa shape index (κ3) is 4.70. The Bertz CT molecular complexity index is 616. The number of hydrogen-bond acceptors (Lipinski definition) is 3. The lowest BCUT2D eigenvalue weighted by Crippen LogP contribution is -2.43. The molecular weight excluding hydrogens is 346 g/mol. The van der Waals surface area contributed by atoms with Crippen molar-refractivity contribution in [3.05, 3.63) is 71.8 Å². The summed E-state index contributed by atoms with van der Waals surface area (Å²) in [6, 6.07) is 17.4. The molecule has 22 heavy (non-hydrogen) atoms. The van der Waals surface area contributed by atoms with Gasteiger partial charge in [0.15, 0.2) is 0 Å². The molecule has 0 saturated carbocycles. The van der Waals surface area contributed by atoms with Gasteiger partial charge in [0.1, 0.15) is 12.6 Å². The van der Waals surface area contributed by atoms with E-state index in [9.17, 15) is 9.59 Å². The Kier molecular flexibility index (Phi) is 6.15. The van der Waals surface area contributed by atoms with Crippen molar-refractivity contribution in [3.8, 4) is 0 Å². The van der Waals surface area contributed by atoms with Gasteiger partial charge in [-0.3, -0.25) is 4.79 Å². The standard InChI is InChI=1S/C17H16BrNO3/c18-11-15(19-16(20)14-9-5-2-6-10-14)17(21)22-12-13-7-3-1-4-8-13/h1-10,15H,11-12H2,(H,19,20)/t15-/m0/s1. The van der Waals surface area contributed by atoms with E-state index in [1.165, 1.54) is 0 Å². The average molecular weight is 362 g/mol. The highest BCUT2D eigenvalue weighted by molar-refractivity contribution is 9.09. The zero-order valence-electron chi connectivity index (χ0n) is 11.9. The van der Waals surface area contributed by atoms with E-state index < -0.39 is 12.0 Å². The molecule has 0 bridgehead atoms. The van der Waals surface area contributed by atoms with Crippen LogP contribution in [0.1, 0.15) is 15.9 Å². The van der Waals surface area contributed by atoms with Crippen LogP contribution >= 0.6 is 15.9 Å². The normalized spacial score (nSPS) is 11.5. The van der Waals surface area contributed by atoms with E-state index in [1.807, 2.05) is 36.4 Å². The number of ether oxygens (including phenoxy) is 1. The second-order valence-corrected chi connectivity index (χ2v) is 5.29. The van der Waals surface area contributed by atoms with E-state index >= 15 is 0 Å². The van der Waals surface area contributed by atoms with E-state index in [1.54, 1.807) is 24.3 Å². The lowest BCUT2D eigenvalue weighted by molar-refractivity contribution is -0.146. The molecule has 2 aromatic carbocycles. The van der Waals surface area contributed by atoms with Gasteiger partial charge in [-0.2, -0.15) is 0 Å². The number of carbonyl (C=O) groups is 2. The van der Waals surface area contributed by atoms with Crippen LogP contribution in [0.4, 0.5) is 0 Å². The Morgan fingerprint density at radius 3 is 2.18 bits per heavy atom. The summed E-state index contributed by atoms with van der Waals surface area (Å²) in [4.78, 5) is 24.1. The Morgan fingerprint density at radius 1 is 1.00 bits per heavy atom. The number of rotatable bonds is 6. The zero-order valence-corrected chi connectivity index (χ0v) is 13.5. The lowest BCUT2D eigenvalue weighted by Gasteiger charge is -2.15. The van der Waals surface area contributed by atoms with Gasteiger partial charge >= 0.3 is 5.97 Å². The minimum atomic E-state index is -0.726. The van der Waals surface area contributed by atoms with Crippen LogP contribution < -0.4 is 5.32 Å². The van der Waals surface area contributed by atoms with Crippen molar-refractivity contribution in [1.82, 2.24) is 5.32 Å². The molecule has 0 aliphatic carbocycles. The maximum absolute atomic E-state index is 12.1. The second kappa shape index (κ2) is 8.34. The van der Waals surface area contributed by atoms with Crippen molar-refractivity contribution in [2.75, 3.05) is 5.33 Å². The summed E-state index contributed by atoms with van der Waals surface area (Å²) >= 11 is 3.23. The summed E-state index contributed by atoms with van der Waals surface area (Å²) in [6.45, 7) is 0.185. The SMILES string of the molecule is O=C(N[C@@H](CBr)C(=O)OCc1ccccc1)c1ccccc1. The van der Waals surface area contributed by atoms with Gasteiger partial charge in [-0.05, 0) is 17.7 Å². The van der Waals surface area contributed by atoms with Crippen LogP contribution in [-0.2, 0) is 16.1 Å². The Balaban J connectivity index is 1.90. The second-order valence-electron chi connectivity index (χ2n) is 4.64. The highest BCUT2D eigenvalue weighted by atomic mass is 79.9. The highest BCUT2D eigenvalue weighted by Crippen LogP contribution is 2.05. The van der Waals surface area contributed by atoms with E-state index in [0.717, 1.165) is 5.56 Å². The zero-order chi connectivity index (χ0) is 15.8. The molecule has 0 fully saturated rings. The molecule has 5 heteroatoms. The third-order valence-electron chi connectivity index (χ3n) is 3.00. The number of benzene rings is 2. The fourth-order valence-corrected chi connectivity index (χ4v) is 2.25. The van der Waals surface area contributed by atoms with Crippen LogP contribution in [0.25, 0.3) is 0 Å². The largest absolute Gasteiger partial charge is 0.459 e. The summed E-state index contributed by atoms with van der Waals surface area (Å²) in [5.41, 5.74) is 1.41. The number of alkyl halides is 1. The quantitative estimate of drug-likeness (QED) is 0.635. The molecule has 0 heterocycles. The molecule has 0 unspecified atom stereocenters. The lowest BCUT2D eigenvalue weighted by atomic mass is 10.2. The summed E-state index contributed by atoms with van der Waals surface area (Å²) in [5, 5.41) is 2.95. The topological polar surface area (TPSA) is 55.4 Å². The molecule has 2 rings (SSSR count). The minimum absolute atomic E-state index is 0.185. The molecule has 0 aliphatic rings. The maximum Gasteiger partial charge on any atom is 0.329 e. The molecular formula is C17H16BrNO3. The van der Waals surface area contributed by atoms with Gasteiger partial charge < -0.3 is 10.1 Å². The van der Waals surface area contributed by atoms with Gasteiger partial charge in [0, 0.05) is 10.9 Å². The van der Waals surface area contributed by atoms with Crippen LogP contribution in [0.2, 0.25) is 0 Å². The molecule has 2 aromatic rings. The number of hydrogen-bond donors (Lipinski definition) is 1. The number of carbonyl (C=O) groups excluding carboxylic acids is 2. The first-order valence-corrected chi connectivity index (χ1v) is 7.95. The summed E-state index contributed by atoms with van der Waals surface area (Å²) in [7, 11) is 0. The van der Waals surface area contributed by atoms with Crippen LogP contribution in [-0.4, -0.2) is 23.2 Å². The van der Waals surface area contributed by atoms with Crippen molar-refractivity contribution in [2.24, 2.45) is 0 Å². The number of esters is 1. The fraction of sp³-hybridized carbons (Fsp3) is 0.176. The molecule has 114 valence electrons. The van der Waals surface area contributed by atoms with Gasteiger partial charge in [-0.25, -0.2) is 4.79 Å². The summed E-state index contributed by atoms with van der Waals surface area (Å²) in [5.74, 6) is -0.772. The summed E-state index contributed by atoms with van der Waals surface area (Å²) < 4.78 is 5.23. The molecule has 1 N–H and O–H groups in total. The van der Waals surface area contributed by atoms with Gasteiger partial charge in [-0.15, -0.1) is 0 Å². The summed E-state index contributed by atoms with van der Waals surface area (Å²) in [6.07, 6.45) is 0. The van der Waals surface area contributed by atoms with E-state index in [-0.39, 0.29) is 12.5 Å². The van der Waals surface area contributed by atoms with Crippen molar-refractivity contribution < 1.29 is 14.3 Å². The number of amides is 1. The number of halogens is 1. The van der Waals surface area contributed by atoms with Crippen molar-refractivity contribution in [1.29, 1.82) is 0 Å². The molecule has 4 nitrogen and oxygen atoms in total. The smallest absolute Gasteiger partial charge is 0.329 e. The molecule has 0 radical (unpaired) electrons. The fourth-order valence-electron chi connectivity index (χ4n) is 1.82. The van der Waals surface area contributed by atoms with Gasteiger partial charge in [-0.1, -0.05) is 64.5 Å². The Labute approximate surface area is 137 Å². The number of nitrogens with one attached hydrogen (secondary N) is 1. The molecule has 1 atom stereocenters. The Morgan fingerprint density at radius 2 is 1.59 bits per heavy atom. The van der Waals surface area contributed by atoms with Crippen LogP contribution in [0.3, 0.4) is 0 Å². The van der Waals surface area contributed by atoms with Crippen LogP contribution in [0, 0.1) is 0 Å². The van der Waals surface area contributed by atoms with E-state index in [2.05, 4.69) is 21.2 Å². The predicted octanol–water partition coefficient (Wildman–Crippen LogP) is 2.92. The van der Waals surface area contributed by atoms with Gasteiger partial charge in [0.05, 0.1) is 0 Å². The van der Waals surface area contributed by atoms with Crippen molar-refractivity contribution in [3.63, 3.8) is 0 Å². The highest BCUT2D eigenvalue weighted by Gasteiger charge is 2.21.